The molecule has 0 saturated heterocycles. The molecule has 0 aromatic heterocycles. The fraction of sp³-hybridized carbons (Fsp3) is 0.591. The largest absolute Gasteiger partial charge is 0.454 e. The normalized spacial score (nSPS) is 16.0. The minimum Gasteiger partial charge on any atom is -0.454 e. The maximum absolute atomic E-state index is 12.6. The van der Waals surface area contributed by atoms with Crippen LogP contribution in [0.2, 0.25) is 10.0 Å². The second-order valence-electron chi connectivity index (χ2n) is 7.65. The van der Waals surface area contributed by atoms with Crippen LogP contribution in [0.5, 0.6) is 0 Å². The molecule has 2 rings (SSSR count). The lowest BCUT2D eigenvalue weighted by molar-refractivity contribution is -0.150. The summed E-state index contributed by atoms with van der Waals surface area (Å²) in [7, 11) is 0. The van der Waals surface area contributed by atoms with E-state index in [1.165, 1.54) is 31.4 Å². The summed E-state index contributed by atoms with van der Waals surface area (Å²) in [5.74, 6) is -0.804. The van der Waals surface area contributed by atoms with Gasteiger partial charge in [-0.05, 0) is 49.5 Å². The van der Waals surface area contributed by atoms with Crippen LogP contribution in [0.3, 0.4) is 0 Å². The highest BCUT2D eigenvalue weighted by Crippen LogP contribution is 2.21. The monoisotopic (exact) mass is 488 g/mol. The van der Waals surface area contributed by atoms with E-state index in [0.717, 1.165) is 25.7 Å². The maximum Gasteiger partial charge on any atom is 0.329 e. The van der Waals surface area contributed by atoms with E-state index < -0.39 is 17.9 Å². The molecule has 0 spiro atoms. The first-order valence-electron chi connectivity index (χ1n) is 10.6. The van der Waals surface area contributed by atoms with Crippen molar-refractivity contribution in [1.82, 2.24) is 10.6 Å². The highest BCUT2D eigenvalue weighted by Gasteiger charge is 2.25. The maximum atomic E-state index is 12.6. The number of ether oxygens (including phenoxy) is 1. The van der Waals surface area contributed by atoms with E-state index in [1.807, 2.05) is 6.26 Å². The lowest BCUT2D eigenvalue weighted by Gasteiger charge is -2.21. The van der Waals surface area contributed by atoms with Crippen LogP contribution in [0.4, 0.5) is 0 Å². The Morgan fingerprint density at radius 3 is 2.45 bits per heavy atom. The first-order chi connectivity index (χ1) is 14.9. The van der Waals surface area contributed by atoms with Gasteiger partial charge in [0.15, 0.2) is 6.61 Å². The van der Waals surface area contributed by atoms with Gasteiger partial charge >= 0.3 is 5.97 Å². The minimum absolute atomic E-state index is 0.130. The van der Waals surface area contributed by atoms with Gasteiger partial charge in [0.1, 0.15) is 6.04 Å². The zero-order chi connectivity index (χ0) is 22.6. The molecule has 1 aliphatic carbocycles. The first-order valence-corrected chi connectivity index (χ1v) is 12.8. The molecule has 1 fully saturated rings. The van der Waals surface area contributed by atoms with Gasteiger partial charge in [-0.1, -0.05) is 55.3 Å². The van der Waals surface area contributed by atoms with E-state index in [2.05, 4.69) is 10.6 Å². The summed E-state index contributed by atoms with van der Waals surface area (Å²) >= 11 is 13.5. The van der Waals surface area contributed by atoms with Crippen molar-refractivity contribution in [2.75, 3.05) is 18.6 Å². The summed E-state index contributed by atoms with van der Waals surface area (Å²) in [5, 5.41) is 6.24. The molecule has 1 unspecified atom stereocenters. The Labute approximate surface area is 198 Å². The average Bonchev–Trinajstić information content (AvgIpc) is 2.71. The third kappa shape index (κ3) is 9.29. The van der Waals surface area contributed by atoms with Crippen LogP contribution < -0.4 is 10.6 Å². The zero-order valence-corrected chi connectivity index (χ0v) is 20.1. The summed E-state index contributed by atoms with van der Waals surface area (Å²) < 4.78 is 5.22. The molecular weight excluding hydrogens is 459 g/mol. The number of rotatable bonds is 9. The Morgan fingerprint density at radius 1 is 1.13 bits per heavy atom. The van der Waals surface area contributed by atoms with Crippen molar-refractivity contribution in [2.45, 2.75) is 63.5 Å². The molecular formula is C22H30Cl2N2O4S. The fourth-order valence-corrected chi connectivity index (χ4v) is 4.47. The van der Waals surface area contributed by atoms with Gasteiger partial charge in [0, 0.05) is 11.1 Å². The SMILES string of the molecule is CSCCC(NC(=O)c1ccc(Cl)cc1Cl)C(=O)OCC(=O)NC1CCCCCCC1. The number of hydrogen-bond acceptors (Lipinski definition) is 5. The van der Waals surface area contributed by atoms with Crippen molar-refractivity contribution in [2.24, 2.45) is 0 Å². The van der Waals surface area contributed by atoms with Crippen LogP contribution in [-0.4, -0.2) is 48.5 Å². The van der Waals surface area contributed by atoms with Crippen molar-refractivity contribution in [3.8, 4) is 0 Å². The van der Waals surface area contributed by atoms with Gasteiger partial charge < -0.3 is 15.4 Å². The Kier molecular flexibility index (Phi) is 11.5. The van der Waals surface area contributed by atoms with Crippen LogP contribution >= 0.6 is 35.0 Å². The number of thioether (sulfide) groups is 1. The molecule has 2 amide bonds. The predicted molar refractivity (Wildman–Crippen MR) is 126 cm³/mol. The molecule has 9 heteroatoms. The third-order valence-corrected chi connectivity index (χ3v) is 6.38. The highest BCUT2D eigenvalue weighted by atomic mass is 35.5. The highest BCUT2D eigenvalue weighted by molar-refractivity contribution is 7.98. The minimum atomic E-state index is -0.874. The van der Waals surface area contributed by atoms with Crippen LogP contribution in [0.15, 0.2) is 18.2 Å². The van der Waals surface area contributed by atoms with Gasteiger partial charge in [-0.25, -0.2) is 4.79 Å². The molecule has 1 saturated carbocycles. The average molecular weight is 489 g/mol. The number of carbonyl (C=O) groups excluding carboxylic acids is 3. The Morgan fingerprint density at radius 2 is 1.81 bits per heavy atom. The van der Waals surface area contributed by atoms with E-state index >= 15 is 0 Å². The standard InChI is InChI=1S/C22H30Cl2N2O4S/c1-31-12-11-19(26-21(28)17-10-9-15(23)13-18(17)24)22(29)30-14-20(27)25-16-7-5-3-2-4-6-8-16/h9-10,13,16,19H,2-8,11-12,14H2,1H3,(H,25,27)(H,26,28). The Bertz CT molecular complexity index is 755. The number of hydrogen-bond donors (Lipinski definition) is 2. The third-order valence-electron chi connectivity index (χ3n) is 5.19. The van der Waals surface area contributed by atoms with Gasteiger partial charge in [-0.15, -0.1) is 0 Å². The molecule has 0 aliphatic heterocycles. The van der Waals surface area contributed by atoms with Gasteiger partial charge in [-0.2, -0.15) is 11.8 Å². The van der Waals surface area contributed by atoms with Crippen LogP contribution in [0.1, 0.15) is 61.7 Å². The van der Waals surface area contributed by atoms with Gasteiger partial charge in [0.2, 0.25) is 0 Å². The van der Waals surface area contributed by atoms with Crippen molar-refractivity contribution < 1.29 is 19.1 Å². The zero-order valence-electron chi connectivity index (χ0n) is 17.8. The number of halogens is 2. The molecule has 0 bridgehead atoms. The molecule has 6 nitrogen and oxygen atoms in total. The summed E-state index contributed by atoms with van der Waals surface area (Å²) in [6.45, 7) is -0.358. The van der Waals surface area contributed by atoms with Crippen molar-refractivity contribution in [1.29, 1.82) is 0 Å². The van der Waals surface area contributed by atoms with E-state index in [-0.39, 0.29) is 29.1 Å². The number of carbonyl (C=O) groups is 3. The molecule has 172 valence electrons. The van der Waals surface area contributed by atoms with Crippen molar-refractivity contribution in [3.63, 3.8) is 0 Å². The molecule has 1 atom stereocenters. The summed E-state index contributed by atoms with van der Waals surface area (Å²) in [6.07, 6.45) is 10.0. The molecule has 0 radical (unpaired) electrons. The van der Waals surface area contributed by atoms with Gasteiger partial charge in [0.05, 0.1) is 10.6 Å². The summed E-state index contributed by atoms with van der Waals surface area (Å²) in [6, 6.07) is 3.77. The van der Waals surface area contributed by atoms with E-state index in [0.29, 0.717) is 17.2 Å². The van der Waals surface area contributed by atoms with Crippen LogP contribution in [0.25, 0.3) is 0 Å². The molecule has 1 aromatic rings. The van der Waals surface area contributed by atoms with E-state index in [9.17, 15) is 14.4 Å². The smallest absolute Gasteiger partial charge is 0.329 e. The van der Waals surface area contributed by atoms with E-state index in [4.69, 9.17) is 27.9 Å². The molecule has 1 aliphatic rings. The lowest BCUT2D eigenvalue weighted by atomic mass is 9.97. The second-order valence-corrected chi connectivity index (χ2v) is 9.48. The lowest BCUT2D eigenvalue weighted by Crippen LogP contribution is -2.44. The van der Waals surface area contributed by atoms with Crippen LogP contribution in [-0.2, 0) is 14.3 Å². The van der Waals surface area contributed by atoms with Crippen LogP contribution in [0, 0.1) is 0 Å². The number of benzene rings is 1. The molecule has 31 heavy (non-hydrogen) atoms. The number of nitrogens with one attached hydrogen (secondary N) is 2. The fourth-order valence-electron chi connectivity index (χ4n) is 3.50. The summed E-state index contributed by atoms with van der Waals surface area (Å²) in [4.78, 5) is 37.4. The van der Waals surface area contributed by atoms with Crippen molar-refractivity contribution >= 4 is 52.7 Å². The van der Waals surface area contributed by atoms with Crippen molar-refractivity contribution in [3.05, 3.63) is 33.8 Å². The second kappa shape index (κ2) is 13.9. The van der Waals surface area contributed by atoms with Gasteiger partial charge in [0.25, 0.3) is 11.8 Å². The molecule has 1 aromatic carbocycles. The molecule has 2 N–H and O–H groups in total. The summed E-state index contributed by atoms with van der Waals surface area (Å²) in [5.41, 5.74) is 0.218. The van der Waals surface area contributed by atoms with Gasteiger partial charge in [-0.3, -0.25) is 9.59 Å². The Balaban J connectivity index is 1.89. The predicted octanol–water partition coefficient (Wildman–Crippen LogP) is 4.62. The topological polar surface area (TPSA) is 84.5 Å². The Hall–Kier alpha value is -1.44. The number of esters is 1. The quantitative estimate of drug-likeness (QED) is 0.495. The molecule has 0 heterocycles. The number of amides is 2. The first kappa shape index (κ1) is 25.8. The van der Waals surface area contributed by atoms with E-state index in [1.54, 1.807) is 17.8 Å².